The third kappa shape index (κ3) is 3.47. The molecule has 0 fully saturated rings. The monoisotopic (exact) mass is 323 g/mol. The van der Waals surface area contributed by atoms with Crippen LogP contribution in [0.1, 0.15) is 37.1 Å². The molecular weight excluding hydrogens is 305 g/mol. The van der Waals surface area contributed by atoms with E-state index in [1.165, 1.54) is 0 Å². The molecule has 0 saturated carbocycles. The van der Waals surface area contributed by atoms with E-state index >= 15 is 0 Å². The lowest BCUT2D eigenvalue weighted by molar-refractivity contribution is -0.0867. The zero-order valence-electron chi connectivity index (χ0n) is 11.6. The summed E-state index contributed by atoms with van der Waals surface area (Å²) in [5.41, 5.74) is -3.06. The average molecular weight is 324 g/mol. The molecule has 20 heavy (non-hydrogen) atoms. The lowest BCUT2D eigenvalue weighted by atomic mass is 10.1. The van der Waals surface area contributed by atoms with Crippen LogP contribution in [0.2, 0.25) is 0 Å². The SMILES string of the molecule is CCCCc1cc2cc(CC)ccc2[s+]1C(F)(F)F.Cl. The molecule has 2 rings (SSSR count). The van der Waals surface area contributed by atoms with E-state index in [-0.39, 0.29) is 12.4 Å². The second kappa shape index (κ2) is 6.81. The Bertz CT molecular complexity index is 572. The summed E-state index contributed by atoms with van der Waals surface area (Å²) in [5.74, 6) is 0. The van der Waals surface area contributed by atoms with Crippen LogP contribution in [0.5, 0.6) is 0 Å². The zero-order valence-corrected chi connectivity index (χ0v) is 13.2. The summed E-state index contributed by atoms with van der Waals surface area (Å²) in [6, 6.07) is 7.15. The van der Waals surface area contributed by atoms with Crippen molar-refractivity contribution in [3.8, 4) is 0 Å². The summed E-state index contributed by atoms with van der Waals surface area (Å²) in [7, 11) is -1.71. The third-order valence-electron chi connectivity index (χ3n) is 3.29. The first-order chi connectivity index (χ1) is 8.97. The van der Waals surface area contributed by atoms with Gasteiger partial charge in [-0.1, -0.05) is 26.3 Å². The van der Waals surface area contributed by atoms with Crippen LogP contribution < -0.4 is 0 Å². The highest BCUT2D eigenvalue weighted by Crippen LogP contribution is 2.51. The first-order valence-corrected chi connectivity index (χ1v) is 7.84. The molecule has 1 aromatic heterocycles. The van der Waals surface area contributed by atoms with Crippen molar-refractivity contribution in [1.82, 2.24) is 0 Å². The Balaban J connectivity index is 0.00000200. The van der Waals surface area contributed by atoms with E-state index in [1.807, 2.05) is 26.0 Å². The molecule has 0 bridgehead atoms. The van der Waals surface area contributed by atoms with Gasteiger partial charge in [-0.3, -0.25) is 0 Å². The second-order valence-electron chi connectivity index (χ2n) is 4.69. The van der Waals surface area contributed by atoms with Crippen LogP contribution in [-0.4, -0.2) is 0 Å². The zero-order chi connectivity index (χ0) is 14.0. The Morgan fingerprint density at radius 3 is 2.35 bits per heavy atom. The molecule has 1 heterocycles. The Morgan fingerprint density at radius 2 is 1.80 bits per heavy atom. The fourth-order valence-corrected chi connectivity index (χ4v) is 4.27. The molecule has 0 amide bonds. The smallest absolute Gasteiger partial charge is 0.147 e. The maximum absolute atomic E-state index is 13.3. The van der Waals surface area contributed by atoms with Crippen molar-refractivity contribution in [2.24, 2.45) is 0 Å². The predicted molar refractivity (Wildman–Crippen MR) is 83.0 cm³/mol. The Labute approximate surface area is 126 Å². The molecule has 0 radical (unpaired) electrons. The minimum Gasteiger partial charge on any atom is -0.147 e. The van der Waals surface area contributed by atoms with Crippen molar-refractivity contribution in [3.05, 3.63) is 34.7 Å². The van der Waals surface area contributed by atoms with Gasteiger partial charge < -0.3 is 0 Å². The molecule has 0 aliphatic rings. The van der Waals surface area contributed by atoms with Gasteiger partial charge in [0.2, 0.25) is 0 Å². The molecular formula is C15H19ClF3S+. The average Bonchev–Trinajstić information content (AvgIpc) is 2.72. The van der Waals surface area contributed by atoms with Crippen molar-refractivity contribution in [2.45, 2.75) is 45.0 Å². The van der Waals surface area contributed by atoms with Crippen LogP contribution in [0.25, 0.3) is 10.1 Å². The fraction of sp³-hybridized carbons (Fsp3) is 0.467. The van der Waals surface area contributed by atoms with E-state index in [0.29, 0.717) is 16.0 Å². The molecule has 0 N–H and O–H groups in total. The lowest BCUT2D eigenvalue weighted by Crippen LogP contribution is -1.98. The van der Waals surface area contributed by atoms with E-state index in [0.717, 1.165) is 30.2 Å². The van der Waals surface area contributed by atoms with Gasteiger partial charge in [0.25, 0.3) is 0 Å². The molecule has 0 saturated heterocycles. The van der Waals surface area contributed by atoms with Crippen molar-refractivity contribution < 1.29 is 13.2 Å². The summed E-state index contributed by atoms with van der Waals surface area (Å²) in [5, 5.41) is 0.770. The van der Waals surface area contributed by atoms with Crippen LogP contribution >= 0.6 is 22.9 Å². The van der Waals surface area contributed by atoms with E-state index in [2.05, 4.69) is 0 Å². The van der Waals surface area contributed by atoms with E-state index in [4.69, 9.17) is 0 Å². The van der Waals surface area contributed by atoms with Crippen LogP contribution in [0.3, 0.4) is 0 Å². The van der Waals surface area contributed by atoms with E-state index in [1.54, 1.807) is 12.1 Å². The number of hydrogen-bond donors (Lipinski definition) is 0. The molecule has 1 atom stereocenters. The standard InChI is InChI=1S/C15H18F3S.ClH/c1-3-5-6-13-10-12-9-11(4-2)7-8-14(12)19(13)15(16,17)18;/h7-10H,3-6H2,1-2H3;1H/q+1;. The Morgan fingerprint density at radius 1 is 1.10 bits per heavy atom. The van der Waals surface area contributed by atoms with E-state index in [9.17, 15) is 13.2 Å². The number of fused-ring (bicyclic) bond motifs is 1. The highest BCUT2D eigenvalue weighted by molar-refractivity contribution is 7.38. The second-order valence-corrected chi connectivity index (χ2v) is 6.73. The van der Waals surface area contributed by atoms with Gasteiger partial charge in [-0.15, -0.1) is 25.6 Å². The Kier molecular flexibility index (Phi) is 5.90. The molecule has 5 heteroatoms. The molecule has 0 aliphatic heterocycles. The number of aryl methyl sites for hydroxylation is 2. The van der Waals surface area contributed by atoms with Crippen molar-refractivity contribution in [1.29, 1.82) is 0 Å². The van der Waals surface area contributed by atoms with Gasteiger partial charge in [-0.25, -0.2) is 0 Å². The molecule has 112 valence electrons. The normalized spacial score (nSPS) is 12.6. The summed E-state index contributed by atoms with van der Waals surface area (Å²) in [6.45, 7) is 4.02. The number of alkyl halides is 3. The number of thiophene rings is 1. The number of rotatable bonds is 4. The van der Waals surface area contributed by atoms with Crippen molar-refractivity contribution >= 4 is 33.0 Å². The molecule has 1 aromatic carbocycles. The van der Waals surface area contributed by atoms with Crippen molar-refractivity contribution in [3.63, 3.8) is 0 Å². The maximum atomic E-state index is 13.3. The third-order valence-corrected chi connectivity index (χ3v) is 5.41. The minimum atomic E-state index is -4.15. The predicted octanol–water partition coefficient (Wildman–Crippen LogP) is 6.39. The van der Waals surface area contributed by atoms with Gasteiger partial charge in [0.05, 0.1) is 10.5 Å². The lowest BCUT2D eigenvalue weighted by Gasteiger charge is -2.00. The van der Waals surface area contributed by atoms with Crippen LogP contribution in [0.15, 0.2) is 24.3 Å². The molecule has 0 nitrogen and oxygen atoms in total. The summed E-state index contributed by atoms with van der Waals surface area (Å²) in [4.78, 5) is 0.553. The molecule has 0 spiro atoms. The Hall–Kier alpha value is -0.740. The minimum absolute atomic E-state index is 0. The highest BCUT2D eigenvalue weighted by Gasteiger charge is 2.47. The number of benzene rings is 1. The van der Waals surface area contributed by atoms with Crippen LogP contribution in [0.4, 0.5) is 13.2 Å². The quantitative estimate of drug-likeness (QED) is 0.572. The maximum Gasteiger partial charge on any atom is 0.600 e. The van der Waals surface area contributed by atoms with Gasteiger partial charge in [-0.05, 0) is 30.5 Å². The molecule has 1 unspecified atom stereocenters. The first-order valence-electron chi connectivity index (χ1n) is 6.62. The first kappa shape index (κ1) is 17.3. The molecule has 2 aromatic rings. The summed E-state index contributed by atoms with van der Waals surface area (Å²) in [6.07, 6.45) is 3.14. The number of halogens is 4. The van der Waals surface area contributed by atoms with Crippen LogP contribution in [-0.2, 0) is 18.3 Å². The van der Waals surface area contributed by atoms with Gasteiger partial charge >= 0.3 is 5.51 Å². The van der Waals surface area contributed by atoms with Gasteiger partial charge in [0.15, 0.2) is 9.58 Å². The topological polar surface area (TPSA) is 0 Å². The molecule has 0 aliphatic carbocycles. The number of unbranched alkanes of at least 4 members (excludes halogenated alkanes) is 1. The van der Waals surface area contributed by atoms with Gasteiger partial charge in [0.1, 0.15) is 0 Å². The van der Waals surface area contributed by atoms with Gasteiger partial charge in [0, 0.05) is 17.9 Å². The van der Waals surface area contributed by atoms with Gasteiger partial charge in [-0.2, -0.15) is 0 Å². The largest absolute Gasteiger partial charge is 0.600 e. The fourth-order valence-electron chi connectivity index (χ4n) is 2.29. The number of hydrogen-bond acceptors (Lipinski definition) is 0. The summed E-state index contributed by atoms with van der Waals surface area (Å²) < 4.78 is 40.3. The highest BCUT2D eigenvalue weighted by atomic mass is 35.5. The van der Waals surface area contributed by atoms with Crippen molar-refractivity contribution in [2.75, 3.05) is 0 Å². The van der Waals surface area contributed by atoms with E-state index < -0.39 is 16.0 Å². The summed E-state index contributed by atoms with van der Waals surface area (Å²) >= 11 is 0. The van der Waals surface area contributed by atoms with Crippen LogP contribution in [0, 0.1) is 0 Å².